The number of ether oxygens (including phenoxy) is 1. The molecule has 1 saturated carbocycles. The van der Waals surface area contributed by atoms with Crippen molar-refractivity contribution in [2.45, 2.75) is 65.0 Å². The highest BCUT2D eigenvalue weighted by Crippen LogP contribution is 2.25. The smallest absolute Gasteiger partial charge is 0.323 e. The Morgan fingerprint density at radius 3 is 2.38 bits per heavy atom. The molecule has 2 N–H and O–H groups in total. The Hall–Kier alpha value is -0.570. The minimum Gasteiger partial charge on any atom is -0.461 e. The largest absolute Gasteiger partial charge is 0.461 e. The summed E-state index contributed by atoms with van der Waals surface area (Å²) in [5.41, 5.74) is 5.79. The first-order valence-electron chi connectivity index (χ1n) is 6.45. The highest BCUT2D eigenvalue weighted by atomic mass is 16.5. The SMILES string of the molecule is CC(C)CC(N)C(=O)OC1CCC(C)CC1. The van der Waals surface area contributed by atoms with Gasteiger partial charge in [-0.1, -0.05) is 20.8 Å². The van der Waals surface area contributed by atoms with Gasteiger partial charge >= 0.3 is 5.97 Å². The van der Waals surface area contributed by atoms with E-state index in [0.717, 1.165) is 31.6 Å². The molecule has 0 aromatic rings. The van der Waals surface area contributed by atoms with Crippen LogP contribution in [0.2, 0.25) is 0 Å². The van der Waals surface area contributed by atoms with Crippen molar-refractivity contribution in [2.24, 2.45) is 17.6 Å². The van der Waals surface area contributed by atoms with Crippen LogP contribution >= 0.6 is 0 Å². The first kappa shape index (κ1) is 13.5. The van der Waals surface area contributed by atoms with Crippen molar-refractivity contribution in [1.29, 1.82) is 0 Å². The molecule has 0 aromatic heterocycles. The third-order valence-corrected chi connectivity index (χ3v) is 3.27. The number of carbonyl (C=O) groups excluding carboxylic acids is 1. The van der Waals surface area contributed by atoms with E-state index in [1.54, 1.807) is 0 Å². The Kier molecular flexibility index (Phi) is 5.26. The van der Waals surface area contributed by atoms with Crippen LogP contribution in [0.25, 0.3) is 0 Å². The Balaban J connectivity index is 2.28. The van der Waals surface area contributed by atoms with Gasteiger partial charge in [-0.2, -0.15) is 0 Å². The lowest BCUT2D eigenvalue weighted by atomic mass is 9.89. The number of nitrogens with two attached hydrogens (primary N) is 1. The Bertz CT molecular complexity index is 220. The Morgan fingerprint density at radius 1 is 1.31 bits per heavy atom. The number of carbonyl (C=O) groups is 1. The van der Waals surface area contributed by atoms with E-state index in [4.69, 9.17) is 10.5 Å². The van der Waals surface area contributed by atoms with Gasteiger partial charge in [-0.25, -0.2) is 0 Å². The van der Waals surface area contributed by atoms with Crippen molar-refractivity contribution in [2.75, 3.05) is 0 Å². The number of hydrogen-bond donors (Lipinski definition) is 1. The van der Waals surface area contributed by atoms with E-state index < -0.39 is 6.04 Å². The van der Waals surface area contributed by atoms with Gasteiger partial charge in [0.05, 0.1) is 0 Å². The fourth-order valence-corrected chi connectivity index (χ4v) is 2.20. The van der Waals surface area contributed by atoms with Crippen molar-refractivity contribution < 1.29 is 9.53 Å². The highest BCUT2D eigenvalue weighted by molar-refractivity contribution is 5.75. The number of hydrogen-bond acceptors (Lipinski definition) is 3. The molecule has 1 atom stereocenters. The molecule has 0 bridgehead atoms. The molecule has 0 amide bonds. The summed E-state index contributed by atoms with van der Waals surface area (Å²) in [5.74, 6) is 1.00. The van der Waals surface area contributed by atoms with Crippen molar-refractivity contribution in [3.8, 4) is 0 Å². The van der Waals surface area contributed by atoms with E-state index in [0.29, 0.717) is 12.3 Å². The van der Waals surface area contributed by atoms with Crippen LogP contribution in [0, 0.1) is 11.8 Å². The molecule has 3 nitrogen and oxygen atoms in total. The summed E-state index contributed by atoms with van der Waals surface area (Å²) < 4.78 is 5.44. The third-order valence-electron chi connectivity index (χ3n) is 3.27. The lowest BCUT2D eigenvalue weighted by Crippen LogP contribution is -2.36. The van der Waals surface area contributed by atoms with Crippen LogP contribution in [0.5, 0.6) is 0 Å². The van der Waals surface area contributed by atoms with E-state index in [1.165, 1.54) is 0 Å². The molecule has 16 heavy (non-hydrogen) atoms. The maximum atomic E-state index is 11.7. The molecule has 1 aliphatic carbocycles. The third kappa shape index (κ3) is 4.52. The zero-order chi connectivity index (χ0) is 12.1. The summed E-state index contributed by atoms with van der Waals surface area (Å²) >= 11 is 0. The van der Waals surface area contributed by atoms with Crippen LogP contribution < -0.4 is 5.73 Å². The van der Waals surface area contributed by atoms with E-state index >= 15 is 0 Å². The molecule has 1 unspecified atom stereocenters. The van der Waals surface area contributed by atoms with Gasteiger partial charge in [0, 0.05) is 0 Å². The molecule has 94 valence electrons. The van der Waals surface area contributed by atoms with Gasteiger partial charge in [-0.15, -0.1) is 0 Å². The van der Waals surface area contributed by atoms with Crippen LogP contribution in [0.3, 0.4) is 0 Å². The lowest BCUT2D eigenvalue weighted by Gasteiger charge is -2.27. The van der Waals surface area contributed by atoms with Crippen LogP contribution in [-0.4, -0.2) is 18.1 Å². The summed E-state index contributed by atoms with van der Waals surface area (Å²) in [4.78, 5) is 11.7. The predicted molar refractivity (Wildman–Crippen MR) is 64.9 cm³/mol. The van der Waals surface area contributed by atoms with Gasteiger partial charge in [0.1, 0.15) is 12.1 Å². The monoisotopic (exact) mass is 227 g/mol. The predicted octanol–water partition coefficient (Wildman–Crippen LogP) is 2.48. The molecule has 3 heteroatoms. The maximum Gasteiger partial charge on any atom is 0.323 e. The fraction of sp³-hybridized carbons (Fsp3) is 0.923. The normalized spacial score (nSPS) is 27.8. The van der Waals surface area contributed by atoms with E-state index in [2.05, 4.69) is 20.8 Å². The molecule has 1 rings (SSSR count). The molecule has 0 spiro atoms. The number of rotatable bonds is 4. The van der Waals surface area contributed by atoms with Gasteiger partial charge in [-0.3, -0.25) is 4.79 Å². The average molecular weight is 227 g/mol. The van der Waals surface area contributed by atoms with E-state index in [1.807, 2.05) is 0 Å². The molecular formula is C13H25NO2. The van der Waals surface area contributed by atoms with Gasteiger partial charge in [-0.05, 0) is 43.9 Å². The molecular weight excluding hydrogens is 202 g/mol. The van der Waals surface area contributed by atoms with Gasteiger partial charge in [0.15, 0.2) is 0 Å². The quantitative estimate of drug-likeness (QED) is 0.751. The summed E-state index contributed by atoms with van der Waals surface area (Å²) in [6.07, 6.45) is 5.15. The van der Waals surface area contributed by atoms with Crippen molar-refractivity contribution in [3.05, 3.63) is 0 Å². The van der Waals surface area contributed by atoms with Crippen LogP contribution in [-0.2, 0) is 9.53 Å². The Labute approximate surface area is 98.7 Å². The molecule has 1 aliphatic rings. The molecule has 0 aromatic carbocycles. The van der Waals surface area contributed by atoms with Crippen molar-refractivity contribution in [3.63, 3.8) is 0 Å². The molecule has 0 saturated heterocycles. The van der Waals surface area contributed by atoms with Crippen molar-refractivity contribution in [1.82, 2.24) is 0 Å². The zero-order valence-corrected chi connectivity index (χ0v) is 10.7. The molecule has 0 radical (unpaired) electrons. The van der Waals surface area contributed by atoms with Crippen molar-refractivity contribution >= 4 is 5.97 Å². The topological polar surface area (TPSA) is 52.3 Å². The second-order valence-corrected chi connectivity index (χ2v) is 5.55. The summed E-state index contributed by atoms with van der Waals surface area (Å²) in [5, 5.41) is 0. The summed E-state index contributed by atoms with van der Waals surface area (Å²) in [6, 6.07) is -0.445. The van der Waals surface area contributed by atoms with E-state index in [9.17, 15) is 4.79 Å². The minimum absolute atomic E-state index is 0.113. The maximum absolute atomic E-state index is 11.7. The molecule has 1 fully saturated rings. The Morgan fingerprint density at radius 2 is 1.88 bits per heavy atom. The molecule has 0 aliphatic heterocycles. The highest BCUT2D eigenvalue weighted by Gasteiger charge is 2.24. The van der Waals surface area contributed by atoms with Gasteiger partial charge in [0.2, 0.25) is 0 Å². The summed E-state index contributed by atoms with van der Waals surface area (Å²) in [7, 11) is 0. The second-order valence-electron chi connectivity index (χ2n) is 5.55. The lowest BCUT2D eigenvalue weighted by molar-refractivity contribution is -0.152. The fourth-order valence-electron chi connectivity index (χ4n) is 2.20. The van der Waals surface area contributed by atoms with Gasteiger partial charge in [0.25, 0.3) is 0 Å². The van der Waals surface area contributed by atoms with Crippen LogP contribution in [0.15, 0.2) is 0 Å². The minimum atomic E-state index is -0.445. The zero-order valence-electron chi connectivity index (χ0n) is 10.7. The van der Waals surface area contributed by atoms with E-state index in [-0.39, 0.29) is 12.1 Å². The summed E-state index contributed by atoms with van der Waals surface area (Å²) in [6.45, 7) is 6.38. The van der Waals surface area contributed by atoms with Crippen LogP contribution in [0.1, 0.15) is 52.9 Å². The first-order valence-corrected chi connectivity index (χ1v) is 6.45. The van der Waals surface area contributed by atoms with Gasteiger partial charge < -0.3 is 10.5 Å². The van der Waals surface area contributed by atoms with Crippen LogP contribution in [0.4, 0.5) is 0 Å². The second kappa shape index (κ2) is 6.24. The average Bonchev–Trinajstić information content (AvgIpc) is 2.20. The molecule has 0 heterocycles. The first-order chi connectivity index (χ1) is 7.49. The number of esters is 1. The standard InChI is InChI=1S/C13H25NO2/c1-9(2)8-12(14)13(15)16-11-6-4-10(3)5-7-11/h9-12H,4-8,14H2,1-3H3.